The van der Waals surface area contributed by atoms with Crippen molar-refractivity contribution >= 4 is 29.0 Å². The molecule has 8 heteroatoms. The maximum atomic E-state index is 11.8. The molecule has 7 nitrogen and oxygen atoms in total. The van der Waals surface area contributed by atoms with Gasteiger partial charge in [0, 0.05) is 18.5 Å². The summed E-state index contributed by atoms with van der Waals surface area (Å²) in [5.41, 5.74) is 8.18. The average molecular weight is 417 g/mol. The minimum Gasteiger partial charge on any atom is -0.364 e. The molecular formula is C21H25ClN4O3. The summed E-state index contributed by atoms with van der Waals surface area (Å²) in [6.45, 7) is 3.29. The Balaban J connectivity index is 1.46. The second-order valence-electron chi connectivity index (χ2n) is 7.51. The fourth-order valence-corrected chi connectivity index (χ4v) is 4.35. The lowest BCUT2D eigenvalue weighted by molar-refractivity contribution is -0.178. The number of carbonyl (C=O) groups excluding carboxylic acids is 1. The molecule has 1 aliphatic carbocycles. The zero-order chi connectivity index (χ0) is 20.4. The SMILES string of the molecule is CCc1nc(C(N)=O)c(Nc2ccc(C3CCC4(CC3)OCCO4)cc2)nc1Cl. The largest absolute Gasteiger partial charge is 0.364 e. The van der Waals surface area contributed by atoms with Crippen LogP contribution in [0.5, 0.6) is 0 Å². The van der Waals surface area contributed by atoms with E-state index in [0.29, 0.717) is 31.2 Å². The van der Waals surface area contributed by atoms with Gasteiger partial charge < -0.3 is 20.5 Å². The topological polar surface area (TPSA) is 99.4 Å². The van der Waals surface area contributed by atoms with Crippen molar-refractivity contribution in [2.24, 2.45) is 5.73 Å². The quantitative estimate of drug-likeness (QED) is 0.765. The van der Waals surface area contributed by atoms with E-state index in [1.54, 1.807) is 0 Å². The van der Waals surface area contributed by atoms with Crippen LogP contribution in [0.1, 0.15) is 60.3 Å². The standard InChI is InChI=1S/C21H25ClN4O3/c1-2-16-18(22)26-20(17(25-16)19(23)27)24-15-5-3-13(4-6-15)14-7-9-21(10-8-14)28-11-12-29-21/h3-6,14H,2,7-12H2,1H3,(H2,23,27)(H,24,26). The van der Waals surface area contributed by atoms with Gasteiger partial charge in [-0.2, -0.15) is 0 Å². The predicted octanol–water partition coefficient (Wildman–Crippen LogP) is 3.94. The number of benzene rings is 1. The number of rotatable bonds is 5. The van der Waals surface area contributed by atoms with Gasteiger partial charge >= 0.3 is 0 Å². The van der Waals surface area contributed by atoms with Crippen LogP contribution in [0.15, 0.2) is 24.3 Å². The number of ether oxygens (including phenoxy) is 2. The average Bonchev–Trinajstić information content (AvgIpc) is 3.17. The first-order valence-corrected chi connectivity index (χ1v) is 10.4. The minimum absolute atomic E-state index is 0.0875. The highest BCUT2D eigenvalue weighted by molar-refractivity contribution is 6.30. The van der Waals surface area contributed by atoms with E-state index in [4.69, 9.17) is 26.8 Å². The third-order valence-corrected chi connectivity index (χ3v) is 6.00. The maximum absolute atomic E-state index is 11.8. The second-order valence-corrected chi connectivity index (χ2v) is 7.86. The first-order valence-electron chi connectivity index (χ1n) is 10.0. The highest BCUT2D eigenvalue weighted by atomic mass is 35.5. The molecule has 2 aliphatic rings. The molecule has 1 aliphatic heterocycles. The molecule has 0 atom stereocenters. The molecule has 29 heavy (non-hydrogen) atoms. The Morgan fingerprint density at radius 1 is 1.21 bits per heavy atom. The Bertz CT molecular complexity index is 888. The van der Waals surface area contributed by atoms with Crippen molar-refractivity contribution in [1.82, 2.24) is 9.97 Å². The first kappa shape index (κ1) is 20.1. The van der Waals surface area contributed by atoms with Gasteiger partial charge in [-0.3, -0.25) is 4.79 Å². The number of aryl methyl sites for hydroxylation is 1. The predicted molar refractivity (Wildman–Crippen MR) is 111 cm³/mol. The highest BCUT2D eigenvalue weighted by Crippen LogP contribution is 2.42. The highest BCUT2D eigenvalue weighted by Gasteiger charge is 2.40. The Morgan fingerprint density at radius 2 is 1.86 bits per heavy atom. The third kappa shape index (κ3) is 4.22. The molecular weight excluding hydrogens is 392 g/mol. The molecule has 1 aromatic carbocycles. The van der Waals surface area contributed by atoms with Crippen molar-refractivity contribution in [2.75, 3.05) is 18.5 Å². The molecule has 0 bridgehead atoms. The van der Waals surface area contributed by atoms with E-state index in [1.807, 2.05) is 19.1 Å². The lowest BCUT2D eigenvalue weighted by Gasteiger charge is -2.35. The number of amides is 1. The Morgan fingerprint density at radius 3 is 2.45 bits per heavy atom. The number of nitrogens with two attached hydrogens (primary N) is 1. The fourth-order valence-electron chi connectivity index (χ4n) is 4.09. The summed E-state index contributed by atoms with van der Waals surface area (Å²) in [5.74, 6) is -0.231. The zero-order valence-corrected chi connectivity index (χ0v) is 17.2. The van der Waals surface area contributed by atoms with Crippen LogP contribution in [0.25, 0.3) is 0 Å². The summed E-state index contributed by atoms with van der Waals surface area (Å²) >= 11 is 6.16. The van der Waals surface area contributed by atoms with Crippen LogP contribution in [0.4, 0.5) is 11.5 Å². The van der Waals surface area contributed by atoms with E-state index in [9.17, 15) is 4.79 Å². The van der Waals surface area contributed by atoms with Gasteiger partial charge in [-0.05, 0) is 42.9 Å². The molecule has 3 N–H and O–H groups in total. The summed E-state index contributed by atoms with van der Waals surface area (Å²) in [6.07, 6.45) is 4.51. The molecule has 2 fully saturated rings. The van der Waals surface area contributed by atoms with Crippen LogP contribution in [-0.4, -0.2) is 34.9 Å². The van der Waals surface area contributed by atoms with Crippen molar-refractivity contribution < 1.29 is 14.3 Å². The molecule has 1 saturated carbocycles. The Hall–Kier alpha value is -2.22. The first-order chi connectivity index (χ1) is 14.0. The van der Waals surface area contributed by atoms with Crippen molar-refractivity contribution in [1.29, 1.82) is 0 Å². The molecule has 0 radical (unpaired) electrons. The van der Waals surface area contributed by atoms with Crippen LogP contribution in [-0.2, 0) is 15.9 Å². The Kier molecular flexibility index (Phi) is 5.72. The van der Waals surface area contributed by atoms with Gasteiger partial charge in [-0.15, -0.1) is 0 Å². The van der Waals surface area contributed by atoms with Gasteiger partial charge in [0.05, 0.1) is 18.9 Å². The number of anilines is 2. The third-order valence-electron chi connectivity index (χ3n) is 5.69. The number of hydrogen-bond acceptors (Lipinski definition) is 6. The molecule has 1 aromatic heterocycles. The summed E-state index contributed by atoms with van der Waals surface area (Å²) in [5, 5.41) is 3.38. The fraction of sp³-hybridized carbons (Fsp3) is 0.476. The number of hydrogen-bond donors (Lipinski definition) is 2. The van der Waals surface area contributed by atoms with E-state index in [-0.39, 0.29) is 22.5 Å². The molecule has 2 aromatic rings. The van der Waals surface area contributed by atoms with Crippen LogP contribution >= 0.6 is 11.6 Å². The molecule has 2 heterocycles. The monoisotopic (exact) mass is 416 g/mol. The lowest BCUT2D eigenvalue weighted by Crippen LogP contribution is -2.34. The van der Waals surface area contributed by atoms with Gasteiger partial charge in [0.25, 0.3) is 5.91 Å². The van der Waals surface area contributed by atoms with Gasteiger partial charge in [-0.1, -0.05) is 30.7 Å². The van der Waals surface area contributed by atoms with Crippen LogP contribution in [0.2, 0.25) is 5.15 Å². The summed E-state index contributed by atoms with van der Waals surface area (Å²) < 4.78 is 11.6. The van der Waals surface area contributed by atoms with E-state index < -0.39 is 5.91 Å². The number of aromatic nitrogens is 2. The van der Waals surface area contributed by atoms with Gasteiger partial charge in [0.15, 0.2) is 22.5 Å². The number of nitrogens with zero attached hydrogens (tertiary/aromatic N) is 2. The van der Waals surface area contributed by atoms with Crippen LogP contribution in [0.3, 0.4) is 0 Å². The number of nitrogens with one attached hydrogen (secondary N) is 1. The smallest absolute Gasteiger partial charge is 0.271 e. The van der Waals surface area contributed by atoms with E-state index in [2.05, 4.69) is 27.4 Å². The van der Waals surface area contributed by atoms with Crippen molar-refractivity contribution in [3.8, 4) is 0 Å². The molecule has 1 spiro atoms. The van der Waals surface area contributed by atoms with Gasteiger partial charge in [0.1, 0.15) is 0 Å². The minimum atomic E-state index is -0.643. The van der Waals surface area contributed by atoms with Crippen LogP contribution in [0, 0.1) is 0 Å². The van der Waals surface area contributed by atoms with E-state index in [1.165, 1.54) is 5.56 Å². The summed E-state index contributed by atoms with van der Waals surface area (Å²) in [4.78, 5) is 20.3. The number of carbonyl (C=O) groups is 1. The molecule has 154 valence electrons. The van der Waals surface area contributed by atoms with E-state index in [0.717, 1.165) is 31.4 Å². The van der Waals surface area contributed by atoms with Crippen molar-refractivity contribution in [3.05, 3.63) is 46.4 Å². The van der Waals surface area contributed by atoms with Crippen molar-refractivity contribution in [2.45, 2.75) is 50.7 Å². The summed E-state index contributed by atoms with van der Waals surface area (Å²) in [6, 6.07) is 8.13. The van der Waals surface area contributed by atoms with Crippen LogP contribution < -0.4 is 11.1 Å². The summed E-state index contributed by atoms with van der Waals surface area (Å²) in [7, 11) is 0. The van der Waals surface area contributed by atoms with E-state index >= 15 is 0 Å². The maximum Gasteiger partial charge on any atom is 0.271 e. The second kappa shape index (κ2) is 8.26. The molecule has 0 unspecified atom stereocenters. The van der Waals surface area contributed by atoms with Gasteiger partial charge in [-0.25, -0.2) is 9.97 Å². The van der Waals surface area contributed by atoms with Crippen molar-refractivity contribution in [3.63, 3.8) is 0 Å². The molecule has 4 rings (SSSR count). The normalized spacial score (nSPS) is 18.8. The number of halogens is 1. The van der Waals surface area contributed by atoms with Gasteiger partial charge in [0.2, 0.25) is 0 Å². The molecule has 1 amide bonds. The number of primary amides is 1. The Labute approximate surface area is 175 Å². The molecule has 1 saturated heterocycles. The lowest BCUT2D eigenvalue weighted by atomic mass is 9.81. The zero-order valence-electron chi connectivity index (χ0n) is 16.4.